The van der Waals surface area contributed by atoms with Gasteiger partial charge in [-0.2, -0.15) is 13.2 Å². The van der Waals surface area contributed by atoms with Crippen molar-refractivity contribution in [1.29, 1.82) is 0 Å². The molecule has 2 saturated heterocycles. The molecule has 0 radical (unpaired) electrons. The molecule has 0 aromatic heterocycles. The van der Waals surface area contributed by atoms with Gasteiger partial charge in [0.25, 0.3) is 5.91 Å². The van der Waals surface area contributed by atoms with Crippen molar-refractivity contribution in [3.05, 3.63) is 34.9 Å². The van der Waals surface area contributed by atoms with Crippen LogP contribution in [0, 0.1) is 12.8 Å². The van der Waals surface area contributed by atoms with Gasteiger partial charge in [-0.25, -0.2) is 0 Å². The Morgan fingerprint density at radius 1 is 1.20 bits per heavy atom. The second-order valence-corrected chi connectivity index (χ2v) is 7.23. The number of hydrogen-bond acceptors (Lipinski definition) is 2. The molecule has 0 saturated carbocycles. The fourth-order valence-corrected chi connectivity index (χ4v) is 3.96. The molecule has 138 valence electrons. The maximum atomic E-state index is 13.0. The van der Waals surface area contributed by atoms with Crippen LogP contribution in [0.1, 0.15) is 53.1 Å². The van der Waals surface area contributed by atoms with E-state index < -0.39 is 12.1 Å². The number of rotatable bonds is 2. The third-order valence-electron chi connectivity index (χ3n) is 5.48. The van der Waals surface area contributed by atoms with Gasteiger partial charge in [0.05, 0.1) is 5.92 Å². The second-order valence-electron chi connectivity index (χ2n) is 7.23. The Hall–Kier alpha value is -1.56. The topological polar surface area (TPSA) is 32.3 Å². The summed E-state index contributed by atoms with van der Waals surface area (Å²) in [5.41, 5.74) is 2.83. The minimum atomic E-state index is -4.23. The van der Waals surface area contributed by atoms with Gasteiger partial charge in [0, 0.05) is 18.7 Å². The lowest BCUT2D eigenvalue weighted by Crippen LogP contribution is -2.44. The Morgan fingerprint density at radius 3 is 2.60 bits per heavy atom. The standard InChI is InChI=1S/C19H25F3N2O/c1-13-4-5-15(11-17(13)14-6-8-23-9-7-14)18(25)24-10-2-3-16(12-24)19(20,21)22/h4-5,11,14,16,23H,2-3,6-10,12H2,1H3. The molecule has 3 rings (SSSR count). The van der Waals surface area contributed by atoms with Gasteiger partial charge in [-0.15, -0.1) is 0 Å². The Kier molecular flexibility index (Phi) is 5.37. The van der Waals surface area contributed by atoms with Gasteiger partial charge in [0.2, 0.25) is 0 Å². The first-order valence-corrected chi connectivity index (χ1v) is 9.03. The fourth-order valence-electron chi connectivity index (χ4n) is 3.96. The highest BCUT2D eigenvalue weighted by Crippen LogP contribution is 2.34. The van der Waals surface area contributed by atoms with Gasteiger partial charge < -0.3 is 10.2 Å². The molecule has 2 heterocycles. The number of nitrogens with one attached hydrogen (secondary N) is 1. The summed E-state index contributed by atoms with van der Waals surface area (Å²) in [6.07, 6.45) is -1.66. The van der Waals surface area contributed by atoms with E-state index in [4.69, 9.17) is 0 Å². The van der Waals surface area contributed by atoms with Crippen molar-refractivity contribution in [2.75, 3.05) is 26.2 Å². The molecule has 3 nitrogen and oxygen atoms in total. The first-order chi connectivity index (χ1) is 11.9. The average molecular weight is 354 g/mol. The lowest BCUT2D eigenvalue weighted by Gasteiger charge is -2.34. The molecule has 1 amide bonds. The first kappa shape index (κ1) is 18.2. The molecule has 2 aliphatic heterocycles. The van der Waals surface area contributed by atoms with E-state index >= 15 is 0 Å². The van der Waals surface area contributed by atoms with Gasteiger partial charge in [0.1, 0.15) is 0 Å². The smallest absolute Gasteiger partial charge is 0.338 e. The molecule has 1 atom stereocenters. The van der Waals surface area contributed by atoms with Crippen LogP contribution in [0.25, 0.3) is 0 Å². The molecular weight excluding hydrogens is 329 g/mol. The molecule has 2 fully saturated rings. The number of carbonyl (C=O) groups is 1. The molecule has 0 bridgehead atoms. The van der Waals surface area contributed by atoms with Crippen LogP contribution in [0.5, 0.6) is 0 Å². The molecule has 1 unspecified atom stereocenters. The van der Waals surface area contributed by atoms with E-state index in [1.807, 2.05) is 19.1 Å². The summed E-state index contributed by atoms with van der Waals surface area (Å²) >= 11 is 0. The summed E-state index contributed by atoms with van der Waals surface area (Å²) in [5.74, 6) is -1.26. The Labute approximate surface area is 146 Å². The highest BCUT2D eigenvalue weighted by atomic mass is 19.4. The van der Waals surface area contributed by atoms with Gasteiger partial charge in [-0.1, -0.05) is 6.07 Å². The Balaban J connectivity index is 1.77. The zero-order valence-corrected chi connectivity index (χ0v) is 14.5. The van der Waals surface area contributed by atoms with Crippen molar-refractivity contribution in [2.45, 2.75) is 44.7 Å². The van der Waals surface area contributed by atoms with E-state index in [1.165, 1.54) is 4.90 Å². The quantitative estimate of drug-likeness (QED) is 0.874. The van der Waals surface area contributed by atoms with Gasteiger partial charge >= 0.3 is 6.18 Å². The molecule has 25 heavy (non-hydrogen) atoms. The highest BCUT2D eigenvalue weighted by molar-refractivity contribution is 5.94. The first-order valence-electron chi connectivity index (χ1n) is 9.03. The fraction of sp³-hybridized carbons (Fsp3) is 0.632. The number of likely N-dealkylation sites (tertiary alicyclic amines) is 1. The number of nitrogens with zero attached hydrogens (tertiary/aromatic N) is 1. The lowest BCUT2D eigenvalue weighted by molar-refractivity contribution is -0.184. The van der Waals surface area contributed by atoms with E-state index in [-0.39, 0.29) is 18.9 Å². The van der Waals surface area contributed by atoms with Gasteiger partial charge in [-0.3, -0.25) is 4.79 Å². The van der Waals surface area contributed by atoms with Crippen LogP contribution in [0.2, 0.25) is 0 Å². The third-order valence-corrected chi connectivity index (χ3v) is 5.48. The monoisotopic (exact) mass is 354 g/mol. The van der Waals surface area contributed by atoms with Crippen LogP contribution in [0.15, 0.2) is 18.2 Å². The third kappa shape index (κ3) is 4.17. The van der Waals surface area contributed by atoms with Crippen LogP contribution in [-0.4, -0.2) is 43.2 Å². The summed E-state index contributed by atoms with van der Waals surface area (Å²) in [4.78, 5) is 14.1. The van der Waals surface area contributed by atoms with E-state index in [1.54, 1.807) is 6.07 Å². The summed E-state index contributed by atoms with van der Waals surface area (Å²) in [7, 11) is 0. The molecule has 6 heteroatoms. The largest absolute Gasteiger partial charge is 0.393 e. The number of piperidine rings is 2. The predicted octanol–water partition coefficient (Wildman–Crippen LogP) is 3.88. The molecule has 1 aromatic rings. The maximum Gasteiger partial charge on any atom is 0.393 e. The van der Waals surface area contributed by atoms with E-state index in [2.05, 4.69) is 5.32 Å². The van der Waals surface area contributed by atoms with E-state index in [0.717, 1.165) is 37.1 Å². The molecule has 0 aliphatic carbocycles. The molecular formula is C19H25F3N2O. The summed E-state index contributed by atoms with van der Waals surface area (Å²) in [6.45, 7) is 4.14. The summed E-state index contributed by atoms with van der Waals surface area (Å²) in [6, 6.07) is 5.58. The van der Waals surface area contributed by atoms with Crippen molar-refractivity contribution in [1.82, 2.24) is 10.2 Å². The molecule has 1 aromatic carbocycles. The SMILES string of the molecule is Cc1ccc(C(=O)N2CCCC(C(F)(F)F)C2)cc1C1CCNCC1. The summed E-state index contributed by atoms with van der Waals surface area (Å²) < 4.78 is 39.0. The number of hydrogen-bond donors (Lipinski definition) is 1. The minimum Gasteiger partial charge on any atom is -0.338 e. The van der Waals surface area contributed by atoms with Crippen LogP contribution >= 0.6 is 0 Å². The van der Waals surface area contributed by atoms with Crippen molar-refractivity contribution in [2.24, 2.45) is 5.92 Å². The Morgan fingerprint density at radius 2 is 1.92 bits per heavy atom. The van der Waals surface area contributed by atoms with E-state index in [0.29, 0.717) is 24.4 Å². The number of alkyl halides is 3. The Bertz CT molecular complexity index is 624. The van der Waals surface area contributed by atoms with Crippen molar-refractivity contribution >= 4 is 5.91 Å². The van der Waals surface area contributed by atoms with E-state index in [9.17, 15) is 18.0 Å². The zero-order chi connectivity index (χ0) is 18.0. The second kappa shape index (κ2) is 7.36. The lowest BCUT2D eigenvalue weighted by atomic mass is 9.86. The number of halogens is 3. The normalized spacial score (nSPS) is 22.9. The maximum absolute atomic E-state index is 13.0. The highest BCUT2D eigenvalue weighted by Gasteiger charge is 2.42. The van der Waals surface area contributed by atoms with Crippen molar-refractivity contribution in [3.8, 4) is 0 Å². The predicted molar refractivity (Wildman–Crippen MR) is 90.7 cm³/mol. The van der Waals surface area contributed by atoms with Crippen LogP contribution in [-0.2, 0) is 0 Å². The van der Waals surface area contributed by atoms with Crippen LogP contribution in [0.3, 0.4) is 0 Å². The molecule has 1 N–H and O–H groups in total. The zero-order valence-electron chi connectivity index (χ0n) is 14.5. The molecule has 2 aliphatic rings. The van der Waals surface area contributed by atoms with Crippen LogP contribution in [0.4, 0.5) is 13.2 Å². The number of benzene rings is 1. The van der Waals surface area contributed by atoms with Crippen molar-refractivity contribution in [3.63, 3.8) is 0 Å². The van der Waals surface area contributed by atoms with Gasteiger partial charge in [0.15, 0.2) is 0 Å². The number of aryl methyl sites for hydroxylation is 1. The van der Waals surface area contributed by atoms with Crippen LogP contribution < -0.4 is 5.32 Å². The molecule has 0 spiro atoms. The van der Waals surface area contributed by atoms with Crippen molar-refractivity contribution < 1.29 is 18.0 Å². The summed E-state index contributed by atoms with van der Waals surface area (Å²) in [5, 5.41) is 3.33. The number of amides is 1. The number of carbonyl (C=O) groups excluding carboxylic acids is 1. The minimum absolute atomic E-state index is 0.113. The average Bonchev–Trinajstić information content (AvgIpc) is 2.62. The van der Waals surface area contributed by atoms with Gasteiger partial charge in [-0.05, 0) is 74.9 Å².